The van der Waals surface area contributed by atoms with Crippen LogP contribution in [0.4, 0.5) is 11.4 Å². The summed E-state index contributed by atoms with van der Waals surface area (Å²) >= 11 is 3.36. The first-order valence-electron chi connectivity index (χ1n) is 8.52. The largest absolute Gasteiger partial charge is 0.322 e. The molecule has 0 atom stereocenters. The van der Waals surface area contributed by atoms with Gasteiger partial charge in [0.2, 0.25) is 0 Å². The van der Waals surface area contributed by atoms with Crippen LogP contribution in [0, 0.1) is 13.8 Å². The van der Waals surface area contributed by atoms with Gasteiger partial charge in [-0.05, 0) is 61.4 Å². The van der Waals surface area contributed by atoms with Crippen molar-refractivity contribution in [2.75, 3.05) is 10.0 Å². The molecule has 2 N–H and O–H groups in total. The van der Waals surface area contributed by atoms with E-state index >= 15 is 0 Å². The van der Waals surface area contributed by atoms with Gasteiger partial charge in [-0.1, -0.05) is 46.3 Å². The number of sulfonamides is 1. The normalized spacial score (nSPS) is 11.1. The summed E-state index contributed by atoms with van der Waals surface area (Å²) in [4.78, 5) is 12.7. The van der Waals surface area contributed by atoms with Gasteiger partial charge in [-0.2, -0.15) is 0 Å². The van der Waals surface area contributed by atoms with E-state index in [0.717, 1.165) is 10.0 Å². The van der Waals surface area contributed by atoms with Crippen LogP contribution in [0.15, 0.2) is 76.1 Å². The Kier molecular flexibility index (Phi) is 5.86. The number of carbonyl (C=O) groups is 1. The molecule has 0 aliphatic rings. The van der Waals surface area contributed by atoms with Gasteiger partial charge in [-0.3, -0.25) is 9.52 Å². The lowest BCUT2D eigenvalue weighted by Gasteiger charge is -2.13. The Morgan fingerprint density at radius 2 is 1.64 bits per heavy atom. The zero-order valence-corrected chi connectivity index (χ0v) is 17.8. The number of para-hydroxylation sites is 1. The van der Waals surface area contributed by atoms with Crippen LogP contribution in [0.1, 0.15) is 21.5 Å². The van der Waals surface area contributed by atoms with Crippen molar-refractivity contribution in [2.24, 2.45) is 0 Å². The molecule has 0 saturated carbocycles. The van der Waals surface area contributed by atoms with Gasteiger partial charge in [0.25, 0.3) is 15.9 Å². The van der Waals surface area contributed by atoms with E-state index in [1.807, 2.05) is 25.1 Å². The maximum atomic E-state index is 12.8. The summed E-state index contributed by atoms with van der Waals surface area (Å²) in [6.45, 7) is 3.59. The highest BCUT2D eigenvalue weighted by molar-refractivity contribution is 9.10. The molecule has 28 heavy (non-hydrogen) atoms. The molecule has 0 spiro atoms. The molecule has 5 nitrogen and oxygen atoms in total. The Balaban J connectivity index is 1.90. The molecule has 0 fully saturated rings. The number of anilines is 2. The smallest absolute Gasteiger partial charge is 0.261 e. The van der Waals surface area contributed by atoms with Gasteiger partial charge in [0.1, 0.15) is 0 Å². The fourth-order valence-corrected chi connectivity index (χ4v) is 4.22. The topological polar surface area (TPSA) is 75.3 Å². The van der Waals surface area contributed by atoms with Gasteiger partial charge in [0.15, 0.2) is 0 Å². The minimum Gasteiger partial charge on any atom is -0.322 e. The third kappa shape index (κ3) is 4.61. The molecular formula is C21H19BrN2O3S. The third-order valence-corrected chi connectivity index (χ3v) is 6.09. The predicted octanol–water partition coefficient (Wildman–Crippen LogP) is 5.12. The van der Waals surface area contributed by atoms with E-state index in [9.17, 15) is 13.2 Å². The Morgan fingerprint density at radius 3 is 2.36 bits per heavy atom. The lowest BCUT2D eigenvalue weighted by atomic mass is 10.1. The lowest BCUT2D eigenvalue weighted by molar-refractivity contribution is 0.102. The molecule has 0 radical (unpaired) electrons. The second kappa shape index (κ2) is 8.16. The van der Waals surface area contributed by atoms with Crippen molar-refractivity contribution >= 4 is 43.2 Å². The van der Waals surface area contributed by atoms with E-state index in [4.69, 9.17) is 0 Å². The van der Waals surface area contributed by atoms with Crippen LogP contribution < -0.4 is 10.0 Å². The van der Waals surface area contributed by atoms with Crippen LogP contribution in [0.2, 0.25) is 0 Å². The van der Waals surface area contributed by atoms with E-state index in [0.29, 0.717) is 22.5 Å². The highest BCUT2D eigenvalue weighted by Gasteiger charge is 2.19. The molecule has 3 aromatic rings. The van der Waals surface area contributed by atoms with E-state index in [1.54, 1.807) is 43.3 Å². The van der Waals surface area contributed by atoms with Crippen molar-refractivity contribution in [3.05, 3.63) is 87.9 Å². The molecule has 0 saturated heterocycles. The lowest BCUT2D eigenvalue weighted by Crippen LogP contribution is -2.17. The highest BCUT2D eigenvalue weighted by atomic mass is 79.9. The second-order valence-electron chi connectivity index (χ2n) is 6.36. The number of hydrogen-bond acceptors (Lipinski definition) is 3. The van der Waals surface area contributed by atoms with Crippen molar-refractivity contribution in [3.63, 3.8) is 0 Å². The summed E-state index contributed by atoms with van der Waals surface area (Å²) in [5.41, 5.74) is 2.91. The third-order valence-electron chi connectivity index (χ3n) is 4.24. The molecule has 0 aromatic heterocycles. The summed E-state index contributed by atoms with van der Waals surface area (Å²) in [7, 11) is -3.83. The number of amides is 1. The number of aryl methyl sites for hydroxylation is 2. The number of nitrogens with one attached hydrogen (secondary N) is 2. The number of hydrogen-bond donors (Lipinski definition) is 2. The maximum absolute atomic E-state index is 12.8. The van der Waals surface area contributed by atoms with E-state index in [-0.39, 0.29) is 10.8 Å². The zero-order valence-electron chi connectivity index (χ0n) is 15.4. The standard InChI is InChI=1S/C21H19BrN2O3S/c1-14-10-11-18(28(26,27)24-20-9-4-3-6-15(20)2)13-19(14)21(25)23-17-8-5-7-16(22)12-17/h3-13,24H,1-2H3,(H,23,25). The number of rotatable bonds is 5. The second-order valence-corrected chi connectivity index (χ2v) is 8.96. The van der Waals surface area contributed by atoms with Gasteiger partial charge < -0.3 is 5.32 Å². The van der Waals surface area contributed by atoms with Crippen LogP contribution in [-0.4, -0.2) is 14.3 Å². The molecule has 7 heteroatoms. The Hall–Kier alpha value is -2.64. The van der Waals surface area contributed by atoms with Crippen LogP contribution in [-0.2, 0) is 10.0 Å². The summed E-state index contributed by atoms with van der Waals surface area (Å²) in [5, 5.41) is 2.79. The summed E-state index contributed by atoms with van der Waals surface area (Å²) in [5.74, 6) is -0.372. The van der Waals surface area contributed by atoms with Crippen LogP contribution in [0.25, 0.3) is 0 Å². The summed E-state index contributed by atoms with van der Waals surface area (Å²) < 4.78 is 29.0. The van der Waals surface area contributed by atoms with Crippen LogP contribution in [0.3, 0.4) is 0 Å². The van der Waals surface area contributed by atoms with Crippen molar-refractivity contribution in [1.82, 2.24) is 0 Å². The van der Waals surface area contributed by atoms with Gasteiger partial charge in [-0.25, -0.2) is 8.42 Å². The first-order valence-corrected chi connectivity index (χ1v) is 10.8. The van der Waals surface area contributed by atoms with E-state index in [1.165, 1.54) is 12.1 Å². The minimum atomic E-state index is -3.83. The number of carbonyl (C=O) groups excluding carboxylic acids is 1. The Morgan fingerprint density at radius 1 is 0.893 bits per heavy atom. The first kappa shape index (κ1) is 20.1. The molecule has 144 valence electrons. The van der Waals surface area contributed by atoms with Crippen LogP contribution >= 0.6 is 15.9 Å². The number of benzene rings is 3. The average Bonchev–Trinajstić information content (AvgIpc) is 2.63. The predicted molar refractivity (Wildman–Crippen MR) is 115 cm³/mol. The van der Waals surface area contributed by atoms with E-state index in [2.05, 4.69) is 26.0 Å². The maximum Gasteiger partial charge on any atom is 0.261 e. The first-order chi connectivity index (χ1) is 13.3. The Labute approximate surface area is 173 Å². The zero-order chi connectivity index (χ0) is 20.3. The quantitative estimate of drug-likeness (QED) is 0.556. The Bertz CT molecular complexity index is 1140. The molecule has 0 aliphatic heterocycles. The van der Waals surface area contributed by atoms with Crippen LogP contribution in [0.5, 0.6) is 0 Å². The fraction of sp³-hybridized carbons (Fsp3) is 0.0952. The van der Waals surface area contributed by atoms with Gasteiger partial charge in [0.05, 0.1) is 10.6 Å². The molecule has 1 amide bonds. The summed E-state index contributed by atoms with van der Waals surface area (Å²) in [6, 6.07) is 18.8. The highest BCUT2D eigenvalue weighted by Crippen LogP contribution is 2.23. The fourth-order valence-electron chi connectivity index (χ4n) is 2.67. The van der Waals surface area contributed by atoms with Gasteiger partial charge in [-0.15, -0.1) is 0 Å². The molecule has 0 bridgehead atoms. The molecule has 3 rings (SSSR count). The van der Waals surface area contributed by atoms with Crippen molar-refractivity contribution in [2.45, 2.75) is 18.7 Å². The van der Waals surface area contributed by atoms with Crippen molar-refractivity contribution < 1.29 is 13.2 Å². The molecule has 3 aromatic carbocycles. The SMILES string of the molecule is Cc1ccccc1NS(=O)(=O)c1ccc(C)c(C(=O)Nc2cccc(Br)c2)c1. The van der Waals surface area contributed by atoms with Crippen molar-refractivity contribution in [3.8, 4) is 0 Å². The van der Waals surface area contributed by atoms with E-state index < -0.39 is 10.0 Å². The average molecular weight is 459 g/mol. The molecule has 0 heterocycles. The summed E-state index contributed by atoms with van der Waals surface area (Å²) in [6.07, 6.45) is 0. The monoisotopic (exact) mass is 458 g/mol. The van der Waals surface area contributed by atoms with Crippen molar-refractivity contribution in [1.29, 1.82) is 0 Å². The molecule has 0 unspecified atom stereocenters. The number of halogens is 1. The van der Waals surface area contributed by atoms with Gasteiger partial charge >= 0.3 is 0 Å². The molecular weight excluding hydrogens is 440 g/mol. The molecule has 0 aliphatic carbocycles. The van der Waals surface area contributed by atoms with Gasteiger partial charge in [0, 0.05) is 15.7 Å². The minimum absolute atomic E-state index is 0.0285.